The molecule has 6 heteroatoms. The highest BCUT2D eigenvalue weighted by atomic mass is 16.5. The Bertz CT molecular complexity index is 558. The Morgan fingerprint density at radius 2 is 2.00 bits per heavy atom. The van der Waals surface area contributed by atoms with E-state index in [4.69, 9.17) is 9.84 Å². The molecule has 0 aromatic heterocycles. The van der Waals surface area contributed by atoms with Crippen LogP contribution in [0.25, 0.3) is 0 Å². The summed E-state index contributed by atoms with van der Waals surface area (Å²) < 4.78 is 5.67. The highest BCUT2D eigenvalue weighted by Gasteiger charge is 2.56. The summed E-state index contributed by atoms with van der Waals surface area (Å²) in [4.78, 5) is 14.2. The summed E-state index contributed by atoms with van der Waals surface area (Å²) in [7, 11) is 0. The van der Waals surface area contributed by atoms with E-state index in [2.05, 4.69) is 5.32 Å². The maximum absolute atomic E-state index is 12.4. The number of nitrogens with one attached hydrogen (secondary N) is 1. The Balaban J connectivity index is 1.43. The number of hydrogen-bond donors (Lipinski definition) is 3. The van der Waals surface area contributed by atoms with Crippen molar-refractivity contribution in [1.29, 1.82) is 0 Å². The minimum absolute atomic E-state index is 0.000367. The number of benzene rings is 1. The summed E-state index contributed by atoms with van der Waals surface area (Å²) in [5.74, 6) is 0.104. The van der Waals surface area contributed by atoms with Gasteiger partial charge in [-0.3, -0.25) is 4.79 Å². The maximum Gasteiger partial charge on any atom is 0.236 e. The van der Waals surface area contributed by atoms with Crippen molar-refractivity contribution in [3.05, 3.63) is 35.9 Å². The van der Waals surface area contributed by atoms with Gasteiger partial charge in [-0.25, -0.2) is 0 Å². The van der Waals surface area contributed by atoms with Crippen molar-refractivity contribution in [3.8, 4) is 0 Å². The Labute approximate surface area is 148 Å². The SMILES string of the molecule is O=C(CNCc1ccccc1)N1CCC2(CC1)[C@H](O)C[C@@H]2OCCO. The molecule has 1 saturated heterocycles. The summed E-state index contributed by atoms with van der Waals surface area (Å²) in [6, 6.07) is 10.0. The third-order valence-electron chi connectivity index (χ3n) is 5.65. The molecule has 1 heterocycles. The van der Waals surface area contributed by atoms with Crippen LogP contribution in [0.5, 0.6) is 0 Å². The molecule has 3 rings (SSSR count). The van der Waals surface area contributed by atoms with Crippen LogP contribution in [0.4, 0.5) is 0 Å². The molecule has 25 heavy (non-hydrogen) atoms. The van der Waals surface area contributed by atoms with Crippen molar-refractivity contribution in [1.82, 2.24) is 10.2 Å². The average Bonchev–Trinajstić information content (AvgIpc) is 2.66. The number of likely N-dealkylation sites (tertiary alicyclic amines) is 1. The number of aliphatic hydroxyl groups is 2. The molecule has 1 aromatic carbocycles. The largest absolute Gasteiger partial charge is 0.394 e. The Morgan fingerprint density at radius 1 is 1.28 bits per heavy atom. The minimum atomic E-state index is -0.357. The van der Waals surface area contributed by atoms with Crippen LogP contribution in [0.15, 0.2) is 30.3 Å². The second kappa shape index (κ2) is 8.27. The summed E-state index contributed by atoms with van der Waals surface area (Å²) >= 11 is 0. The molecule has 6 nitrogen and oxygen atoms in total. The predicted molar refractivity (Wildman–Crippen MR) is 93.8 cm³/mol. The Hall–Kier alpha value is -1.47. The number of hydrogen-bond acceptors (Lipinski definition) is 5. The van der Waals surface area contributed by atoms with E-state index < -0.39 is 0 Å². The van der Waals surface area contributed by atoms with Crippen LogP contribution in [-0.2, 0) is 16.1 Å². The number of rotatable bonds is 7. The summed E-state index contributed by atoms with van der Waals surface area (Å²) in [6.45, 7) is 2.63. The van der Waals surface area contributed by atoms with Crippen LogP contribution in [0.2, 0.25) is 0 Å². The van der Waals surface area contributed by atoms with Crippen LogP contribution < -0.4 is 5.32 Å². The van der Waals surface area contributed by atoms with Gasteiger partial charge in [0.25, 0.3) is 0 Å². The fraction of sp³-hybridized carbons (Fsp3) is 0.632. The molecule has 1 spiro atoms. The summed E-state index contributed by atoms with van der Waals surface area (Å²) in [6.07, 6.45) is 1.79. The van der Waals surface area contributed by atoms with Gasteiger partial charge in [-0.2, -0.15) is 0 Å². The standard InChI is InChI=1S/C19H28N2O4/c22-10-11-25-17-12-16(23)19(17)6-8-21(9-7-19)18(24)14-20-13-15-4-2-1-3-5-15/h1-5,16-17,20,22-23H,6-14H2/t16-,17+/m1/s1. The summed E-state index contributed by atoms with van der Waals surface area (Å²) in [5.41, 5.74) is 0.929. The predicted octanol–water partition coefficient (Wildman–Crippen LogP) is 0.527. The second-order valence-corrected chi connectivity index (χ2v) is 7.04. The molecule has 2 atom stereocenters. The molecule has 1 saturated carbocycles. The molecular weight excluding hydrogens is 320 g/mol. The monoisotopic (exact) mass is 348 g/mol. The van der Waals surface area contributed by atoms with Crippen LogP contribution in [0.1, 0.15) is 24.8 Å². The number of carbonyl (C=O) groups excluding carboxylic acids is 1. The van der Waals surface area contributed by atoms with Gasteiger partial charge in [-0.15, -0.1) is 0 Å². The van der Waals surface area contributed by atoms with Crippen molar-refractivity contribution in [2.24, 2.45) is 5.41 Å². The third-order valence-corrected chi connectivity index (χ3v) is 5.65. The normalized spacial score (nSPS) is 25.0. The maximum atomic E-state index is 12.4. The fourth-order valence-electron chi connectivity index (χ4n) is 4.00. The topological polar surface area (TPSA) is 82.0 Å². The first-order valence-corrected chi connectivity index (χ1v) is 9.08. The van der Waals surface area contributed by atoms with Crippen molar-refractivity contribution in [2.75, 3.05) is 32.8 Å². The van der Waals surface area contributed by atoms with Gasteiger partial charge in [0, 0.05) is 31.5 Å². The van der Waals surface area contributed by atoms with E-state index in [0.29, 0.717) is 39.2 Å². The minimum Gasteiger partial charge on any atom is -0.394 e. The van der Waals surface area contributed by atoms with E-state index in [9.17, 15) is 9.90 Å². The molecule has 2 fully saturated rings. The Morgan fingerprint density at radius 3 is 2.64 bits per heavy atom. The molecular formula is C19H28N2O4. The van der Waals surface area contributed by atoms with Gasteiger partial charge >= 0.3 is 0 Å². The average molecular weight is 348 g/mol. The van der Waals surface area contributed by atoms with Crippen LogP contribution in [0, 0.1) is 5.41 Å². The zero-order chi connectivity index (χ0) is 17.7. The van der Waals surface area contributed by atoms with Crippen LogP contribution in [-0.4, -0.2) is 66.1 Å². The number of nitrogens with zero attached hydrogens (tertiary/aromatic N) is 1. The molecule has 138 valence electrons. The molecule has 0 unspecified atom stereocenters. The van der Waals surface area contributed by atoms with E-state index in [1.807, 2.05) is 35.2 Å². The van der Waals surface area contributed by atoms with Gasteiger partial charge < -0.3 is 25.2 Å². The number of carbonyl (C=O) groups is 1. The highest BCUT2D eigenvalue weighted by molar-refractivity contribution is 5.78. The van der Waals surface area contributed by atoms with E-state index in [1.165, 1.54) is 0 Å². The lowest BCUT2D eigenvalue weighted by Gasteiger charge is -2.56. The molecule has 1 aromatic rings. The van der Waals surface area contributed by atoms with Gasteiger partial charge in [0.15, 0.2) is 0 Å². The lowest BCUT2D eigenvalue weighted by molar-refractivity contribution is -0.213. The fourth-order valence-corrected chi connectivity index (χ4v) is 4.00. The van der Waals surface area contributed by atoms with E-state index in [-0.39, 0.29) is 30.1 Å². The quantitative estimate of drug-likeness (QED) is 0.670. The van der Waals surface area contributed by atoms with E-state index in [1.54, 1.807) is 0 Å². The van der Waals surface area contributed by atoms with Gasteiger partial charge in [-0.05, 0) is 18.4 Å². The first-order valence-electron chi connectivity index (χ1n) is 9.08. The van der Waals surface area contributed by atoms with Gasteiger partial charge in [0.1, 0.15) is 0 Å². The number of ether oxygens (including phenoxy) is 1. The molecule has 0 bridgehead atoms. The molecule has 1 aliphatic heterocycles. The second-order valence-electron chi connectivity index (χ2n) is 7.04. The number of piperidine rings is 1. The zero-order valence-corrected chi connectivity index (χ0v) is 14.6. The molecule has 2 aliphatic rings. The first kappa shape index (κ1) is 18.3. The van der Waals surface area contributed by atoms with Crippen LogP contribution in [0.3, 0.4) is 0 Å². The Kier molecular flexibility index (Phi) is 6.06. The zero-order valence-electron chi connectivity index (χ0n) is 14.6. The summed E-state index contributed by atoms with van der Waals surface area (Å²) in [5, 5.41) is 22.3. The van der Waals surface area contributed by atoms with Crippen molar-refractivity contribution < 1.29 is 19.7 Å². The molecule has 1 aliphatic carbocycles. The van der Waals surface area contributed by atoms with Crippen molar-refractivity contribution >= 4 is 5.91 Å². The third kappa shape index (κ3) is 4.03. The lowest BCUT2D eigenvalue weighted by atomic mass is 9.58. The van der Waals surface area contributed by atoms with E-state index in [0.717, 1.165) is 18.4 Å². The van der Waals surface area contributed by atoms with Gasteiger partial charge in [-0.1, -0.05) is 30.3 Å². The first-order chi connectivity index (χ1) is 12.2. The van der Waals surface area contributed by atoms with Crippen LogP contribution >= 0.6 is 0 Å². The molecule has 1 amide bonds. The highest BCUT2D eigenvalue weighted by Crippen LogP contribution is 2.50. The number of amides is 1. The lowest BCUT2D eigenvalue weighted by Crippen LogP contribution is -2.63. The van der Waals surface area contributed by atoms with Crippen molar-refractivity contribution in [3.63, 3.8) is 0 Å². The smallest absolute Gasteiger partial charge is 0.236 e. The van der Waals surface area contributed by atoms with Crippen molar-refractivity contribution in [2.45, 2.75) is 38.0 Å². The number of aliphatic hydroxyl groups excluding tert-OH is 2. The molecule has 3 N–H and O–H groups in total. The van der Waals surface area contributed by atoms with Gasteiger partial charge in [0.2, 0.25) is 5.91 Å². The van der Waals surface area contributed by atoms with Gasteiger partial charge in [0.05, 0.1) is 32.0 Å². The van der Waals surface area contributed by atoms with E-state index >= 15 is 0 Å². The molecule has 0 radical (unpaired) electrons.